The van der Waals surface area contributed by atoms with E-state index in [0.717, 1.165) is 22.3 Å². The lowest BCUT2D eigenvalue weighted by molar-refractivity contribution is -0.179. The highest BCUT2D eigenvalue weighted by molar-refractivity contribution is 14.1. The molecule has 1 unspecified atom stereocenters. The molecule has 0 bridgehead atoms. The highest BCUT2D eigenvalue weighted by Crippen LogP contribution is 2.43. The SMILES string of the molecule is CC(C)(C)OC(=O)C1=C(CI)CS[C@@H]2C(NC(=O)/C(=N\OC(C)(C)C(=O)OC(C)(C)C)c3csc(NC(c4ccccc4)(c4ccccc4)c4ccccc4)n3)C(=O)N12. The molecule has 6 rings (SSSR count). The summed E-state index contributed by atoms with van der Waals surface area (Å²) < 4.78 is 11.8. The quantitative estimate of drug-likeness (QED) is 0.0259. The highest BCUT2D eigenvalue weighted by atomic mass is 127. The average molecular weight is 950 g/mol. The summed E-state index contributed by atoms with van der Waals surface area (Å²) in [4.78, 5) is 66.9. The van der Waals surface area contributed by atoms with Crippen LogP contribution in [0.5, 0.6) is 0 Å². The van der Waals surface area contributed by atoms with Gasteiger partial charge in [-0.15, -0.1) is 23.1 Å². The summed E-state index contributed by atoms with van der Waals surface area (Å²) in [6, 6.07) is 29.0. The van der Waals surface area contributed by atoms with Crippen molar-refractivity contribution >= 4 is 80.3 Å². The van der Waals surface area contributed by atoms with Crippen molar-refractivity contribution in [2.45, 2.75) is 89.1 Å². The predicted octanol–water partition coefficient (Wildman–Crippen LogP) is 7.82. The topological polar surface area (TPSA) is 149 Å². The zero-order valence-electron chi connectivity index (χ0n) is 34.2. The number of esters is 2. The number of oxime groups is 1. The predicted molar refractivity (Wildman–Crippen MR) is 239 cm³/mol. The van der Waals surface area contributed by atoms with Crippen LogP contribution in [0.3, 0.4) is 0 Å². The Balaban J connectivity index is 1.36. The van der Waals surface area contributed by atoms with Crippen LogP contribution in [-0.2, 0) is 39.0 Å². The second-order valence-corrected chi connectivity index (χ2v) is 19.2. The normalized spacial score (nSPS) is 17.4. The van der Waals surface area contributed by atoms with Crippen LogP contribution in [0, 0.1) is 0 Å². The number of aromatic nitrogens is 1. The molecule has 4 aromatic rings. The van der Waals surface area contributed by atoms with E-state index in [-0.39, 0.29) is 17.1 Å². The van der Waals surface area contributed by atoms with Crippen molar-refractivity contribution < 1.29 is 33.5 Å². The Morgan fingerprint density at radius 2 is 1.36 bits per heavy atom. The maximum atomic E-state index is 14.4. The van der Waals surface area contributed by atoms with Crippen LogP contribution in [0.4, 0.5) is 5.13 Å². The van der Waals surface area contributed by atoms with E-state index >= 15 is 0 Å². The van der Waals surface area contributed by atoms with Gasteiger partial charge in [0.15, 0.2) is 10.8 Å². The number of nitrogens with zero attached hydrogens (tertiary/aromatic N) is 3. The van der Waals surface area contributed by atoms with Crippen LogP contribution in [0.2, 0.25) is 0 Å². The Hall–Kier alpha value is -4.74. The fraction of sp³-hybridized carbons (Fsp3) is 0.364. The molecule has 3 heterocycles. The number of alkyl halides is 1. The summed E-state index contributed by atoms with van der Waals surface area (Å²) in [5, 5.41) is 12.3. The third kappa shape index (κ3) is 9.68. The summed E-state index contributed by atoms with van der Waals surface area (Å²) in [7, 11) is 0. The van der Waals surface area contributed by atoms with Crippen LogP contribution in [-0.4, -0.2) is 77.7 Å². The molecule has 0 spiro atoms. The number of β-lactam (4-membered cyclic amide) rings is 1. The lowest BCUT2D eigenvalue weighted by atomic mass is 9.77. The second kappa shape index (κ2) is 17.5. The molecule has 15 heteroatoms. The molecule has 0 radical (unpaired) electrons. The molecule has 59 heavy (non-hydrogen) atoms. The van der Waals surface area contributed by atoms with Crippen molar-refractivity contribution in [1.29, 1.82) is 0 Å². The van der Waals surface area contributed by atoms with E-state index in [9.17, 15) is 19.2 Å². The first-order chi connectivity index (χ1) is 27.8. The molecule has 0 aliphatic carbocycles. The molecule has 2 amide bonds. The van der Waals surface area contributed by atoms with Crippen molar-refractivity contribution in [3.63, 3.8) is 0 Å². The van der Waals surface area contributed by atoms with E-state index < -0.39 is 57.5 Å². The minimum absolute atomic E-state index is 0.138. The summed E-state index contributed by atoms with van der Waals surface area (Å²) >= 11 is 4.86. The van der Waals surface area contributed by atoms with Gasteiger partial charge in [-0.2, -0.15) is 0 Å². The van der Waals surface area contributed by atoms with Crippen LogP contribution >= 0.6 is 45.7 Å². The van der Waals surface area contributed by atoms with Gasteiger partial charge in [-0.3, -0.25) is 14.5 Å². The highest BCUT2D eigenvalue weighted by Gasteiger charge is 2.55. The van der Waals surface area contributed by atoms with E-state index in [1.165, 1.54) is 41.8 Å². The minimum Gasteiger partial charge on any atom is -0.457 e. The molecule has 1 aromatic heterocycles. The van der Waals surface area contributed by atoms with Crippen LogP contribution in [0.15, 0.2) is 113 Å². The second-order valence-electron chi connectivity index (χ2n) is 16.5. The molecule has 2 atom stereocenters. The van der Waals surface area contributed by atoms with Gasteiger partial charge >= 0.3 is 11.9 Å². The van der Waals surface area contributed by atoms with Crippen molar-refractivity contribution in [2.24, 2.45) is 5.16 Å². The maximum absolute atomic E-state index is 14.4. The molecule has 310 valence electrons. The number of anilines is 1. The third-order valence-corrected chi connectivity index (χ3v) is 12.2. The van der Waals surface area contributed by atoms with Crippen LogP contribution < -0.4 is 10.6 Å². The number of nitrogens with one attached hydrogen (secondary N) is 2. The fourth-order valence-electron chi connectivity index (χ4n) is 6.49. The smallest absolute Gasteiger partial charge is 0.355 e. The lowest BCUT2D eigenvalue weighted by Crippen LogP contribution is -2.71. The molecule has 3 aromatic carbocycles. The van der Waals surface area contributed by atoms with Crippen LogP contribution in [0.25, 0.3) is 0 Å². The number of benzene rings is 3. The Morgan fingerprint density at radius 3 is 1.85 bits per heavy atom. The van der Waals surface area contributed by atoms with Gasteiger partial charge in [-0.05, 0) is 77.7 Å². The molecule has 1 fully saturated rings. The average Bonchev–Trinajstić information content (AvgIpc) is 3.65. The van der Waals surface area contributed by atoms with Gasteiger partial charge in [-0.1, -0.05) is 119 Å². The number of ether oxygens (including phenoxy) is 2. The number of carbonyl (C=O) groups excluding carboxylic acids is 4. The minimum atomic E-state index is -1.61. The zero-order valence-corrected chi connectivity index (χ0v) is 38.0. The largest absolute Gasteiger partial charge is 0.457 e. The van der Waals surface area contributed by atoms with E-state index in [1.807, 2.05) is 91.0 Å². The number of thiazole rings is 1. The molecule has 12 nitrogen and oxygen atoms in total. The molecule has 0 saturated carbocycles. The number of rotatable bonds is 13. The summed E-state index contributed by atoms with van der Waals surface area (Å²) in [6.45, 7) is 13.5. The van der Waals surface area contributed by atoms with Gasteiger partial charge in [0.25, 0.3) is 11.8 Å². The summed E-state index contributed by atoms with van der Waals surface area (Å²) in [5.41, 5.74) is -0.391. The zero-order chi connectivity index (χ0) is 42.8. The third-order valence-electron chi connectivity index (χ3n) is 9.22. The number of thioether (sulfide) groups is 1. The Morgan fingerprint density at radius 1 is 0.831 bits per heavy atom. The van der Waals surface area contributed by atoms with Crippen molar-refractivity contribution in [3.05, 3.63) is 130 Å². The van der Waals surface area contributed by atoms with E-state index in [0.29, 0.717) is 15.3 Å². The Labute approximate surface area is 366 Å². The monoisotopic (exact) mass is 949 g/mol. The molecule has 2 N–H and O–H groups in total. The number of fused-ring (bicyclic) bond motifs is 1. The summed E-state index contributed by atoms with van der Waals surface area (Å²) in [6.07, 6.45) is 0. The lowest BCUT2D eigenvalue weighted by Gasteiger charge is -2.49. The first-order valence-electron chi connectivity index (χ1n) is 19.0. The van der Waals surface area contributed by atoms with Gasteiger partial charge in [0.05, 0.1) is 0 Å². The number of hydrogen-bond acceptors (Lipinski definition) is 12. The molecular weight excluding hydrogens is 902 g/mol. The van der Waals surface area contributed by atoms with E-state index in [4.69, 9.17) is 19.3 Å². The first kappa shape index (κ1) is 43.8. The van der Waals surface area contributed by atoms with E-state index in [2.05, 4.69) is 38.4 Å². The number of hydrogen-bond donors (Lipinski definition) is 2. The number of carbonyl (C=O) groups is 4. The van der Waals surface area contributed by atoms with Gasteiger partial charge in [-0.25, -0.2) is 14.6 Å². The molecule has 1 saturated heterocycles. The Kier molecular flexibility index (Phi) is 13.0. The molecule has 2 aliphatic heterocycles. The number of amides is 2. The maximum Gasteiger partial charge on any atom is 0.355 e. The fourth-order valence-corrected chi connectivity index (χ4v) is 9.59. The van der Waals surface area contributed by atoms with Crippen molar-refractivity contribution in [1.82, 2.24) is 15.2 Å². The number of halogens is 1. The molecular formula is C44H48IN5O7S2. The van der Waals surface area contributed by atoms with Gasteiger partial charge in [0, 0.05) is 15.6 Å². The van der Waals surface area contributed by atoms with E-state index in [1.54, 1.807) is 46.9 Å². The van der Waals surface area contributed by atoms with Gasteiger partial charge in [0.2, 0.25) is 5.60 Å². The summed E-state index contributed by atoms with van der Waals surface area (Å²) in [5.74, 6) is -2.04. The van der Waals surface area contributed by atoms with Crippen molar-refractivity contribution in [3.8, 4) is 0 Å². The molecule has 2 aliphatic rings. The van der Waals surface area contributed by atoms with Crippen molar-refractivity contribution in [2.75, 3.05) is 15.5 Å². The standard InChI is InChI=1S/C44H48IN5O7S2/c1-41(2,3)55-38(53)34-27(24-45)25-58-37-33(36(52)50(34)37)47-35(51)32(49-57-43(7,8)39(54)56-42(4,5)6)31-26-59-40(46-31)48-44(28-18-12-9-13-19-28,29-20-14-10-15-21-29)30-22-16-11-17-23-30/h9-23,26,33,37H,24-25H2,1-8H3,(H,46,48)(H,47,51)/b49-32-/t33?,37-/m1/s1. The van der Waals surface area contributed by atoms with Gasteiger partial charge in [0.1, 0.15) is 39.5 Å². The first-order valence-corrected chi connectivity index (χ1v) is 22.5. The van der Waals surface area contributed by atoms with Gasteiger partial charge < -0.3 is 24.9 Å². The van der Waals surface area contributed by atoms with Crippen LogP contribution in [0.1, 0.15) is 77.8 Å². The Bertz CT molecular complexity index is 2150.